The molecule has 1 aromatic rings. The number of ether oxygens (including phenoxy) is 2. The summed E-state index contributed by atoms with van der Waals surface area (Å²) >= 11 is 0. The van der Waals surface area contributed by atoms with E-state index in [0.717, 1.165) is 25.5 Å². The zero-order chi connectivity index (χ0) is 18.5. The van der Waals surface area contributed by atoms with E-state index in [-0.39, 0.29) is 6.04 Å². The average molecular weight is 354 g/mol. The molecule has 1 aromatic heterocycles. The number of aromatic nitrogens is 2. The number of hydrogen-bond acceptors (Lipinski definition) is 5. The second-order valence-corrected chi connectivity index (χ2v) is 6.03. The SMILES string of the molecule is CCNC(=NCC(c1cnn(C)c1)N(C)C)NCCCOCCOC. The van der Waals surface area contributed by atoms with Gasteiger partial charge in [-0.05, 0) is 27.4 Å². The van der Waals surface area contributed by atoms with Gasteiger partial charge in [0.15, 0.2) is 5.96 Å². The summed E-state index contributed by atoms with van der Waals surface area (Å²) in [7, 11) is 7.73. The molecule has 25 heavy (non-hydrogen) atoms. The number of methoxy groups -OCH3 is 1. The molecular formula is C17H34N6O2. The average Bonchev–Trinajstić information content (AvgIpc) is 2.99. The van der Waals surface area contributed by atoms with Gasteiger partial charge >= 0.3 is 0 Å². The largest absolute Gasteiger partial charge is 0.382 e. The van der Waals surface area contributed by atoms with E-state index < -0.39 is 0 Å². The van der Waals surface area contributed by atoms with Gasteiger partial charge in [0.05, 0.1) is 32.0 Å². The minimum Gasteiger partial charge on any atom is -0.382 e. The third-order valence-electron chi connectivity index (χ3n) is 3.69. The van der Waals surface area contributed by atoms with Gasteiger partial charge in [0, 0.05) is 45.6 Å². The zero-order valence-electron chi connectivity index (χ0n) is 16.3. The Morgan fingerprint density at radius 3 is 2.72 bits per heavy atom. The standard InChI is InChI=1S/C17H34N6O2/c1-6-18-17(19-8-7-9-25-11-10-24-5)20-13-16(22(2)3)15-12-21-23(4)14-15/h12,14,16H,6-11,13H2,1-5H3,(H2,18,19,20). The number of nitrogens with zero attached hydrogens (tertiary/aromatic N) is 4. The molecule has 0 saturated heterocycles. The van der Waals surface area contributed by atoms with Crippen molar-refractivity contribution < 1.29 is 9.47 Å². The molecule has 0 aliphatic carbocycles. The van der Waals surface area contributed by atoms with Crippen LogP contribution in [0.2, 0.25) is 0 Å². The van der Waals surface area contributed by atoms with Crippen LogP contribution in [-0.2, 0) is 16.5 Å². The van der Waals surface area contributed by atoms with E-state index in [1.54, 1.807) is 7.11 Å². The van der Waals surface area contributed by atoms with Gasteiger partial charge in [-0.3, -0.25) is 9.67 Å². The summed E-state index contributed by atoms with van der Waals surface area (Å²) in [5, 5.41) is 10.9. The molecule has 1 heterocycles. The number of guanidine groups is 1. The monoisotopic (exact) mass is 354 g/mol. The van der Waals surface area contributed by atoms with E-state index in [2.05, 4.69) is 41.7 Å². The number of aliphatic imine (C=N–C) groups is 1. The fourth-order valence-corrected chi connectivity index (χ4v) is 2.32. The highest BCUT2D eigenvalue weighted by atomic mass is 16.5. The third kappa shape index (κ3) is 8.85. The Hall–Kier alpha value is -1.64. The topological polar surface area (TPSA) is 75.9 Å². The van der Waals surface area contributed by atoms with E-state index in [9.17, 15) is 0 Å². The number of aryl methyl sites for hydroxylation is 1. The lowest BCUT2D eigenvalue weighted by Gasteiger charge is -2.22. The first kappa shape index (κ1) is 21.4. The van der Waals surface area contributed by atoms with Crippen LogP contribution in [0.4, 0.5) is 0 Å². The fraction of sp³-hybridized carbons (Fsp3) is 0.765. The number of hydrogen-bond donors (Lipinski definition) is 2. The van der Waals surface area contributed by atoms with Crippen LogP contribution < -0.4 is 10.6 Å². The van der Waals surface area contributed by atoms with Crippen molar-refractivity contribution in [1.82, 2.24) is 25.3 Å². The molecule has 0 fully saturated rings. The van der Waals surface area contributed by atoms with Crippen LogP contribution in [0, 0.1) is 0 Å². The van der Waals surface area contributed by atoms with Gasteiger partial charge in [-0.15, -0.1) is 0 Å². The first-order chi connectivity index (χ1) is 12.1. The molecule has 0 saturated carbocycles. The number of nitrogens with one attached hydrogen (secondary N) is 2. The molecule has 0 aliphatic heterocycles. The summed E-state index contributed by atoms with van der Waals surface area (Å²) in [5.74, 6) is 0.829. The van der Waals surface area contributed by atoms with Gasteiger partial charge in [-0.2, -0.15) is 5.10 Å². The van der Waals surface area contributed by atoms with Crippen LogP contribution in [0.3, 0.4) is 0 Å². The van der Waals surface area contributed by atoms with Crippen molar-refractivity contribution in [2.24, 2.45) is 12.0 Å². The Morgan fingerprint density at radius 2 is 2.12 bits per heavy atom. The van der Waals surface area contributed by atoms with E-state index >= 15 is 0 Å². The predicted octanol–water partition coefficient (Wildman–Crippen LogP) is 0.631. The van der Waals surface area contributed by atoms with Crippen molar-refractivity contribution in [3.63, 3.8) is 0 Å². The molecular weight excluding hydrogens is 320 g/mol. The van der Waals surface area contributed by atoms with Gasteiger partial charge in [0.1, 0.15) is 0 Å². The Bertz CT molecular complexity index is 489. The smallest absolute Gasteiger partial charge is 0.191 e. The molecule has 0 radical (unpaired) electrons. The summed E-state index contributed by atoms with van der Waals surface area (Å²) in [6.07, 6.45) is 4.86. The van der Waals surface area contributed by atoms with Crippen LogP contribution in [0.5, 0.6) is 0 Å². The minimum atomic E-state index is 0.196. The molecule has 8 nitrogen and oxygen atoms in total. The number of rotatable bonds is 12. The van der Waals surface area contributed by atoms with E-state index in [1.807, 2.05) is 24.1 Å². The zero-order valence-corrected chi connectivity index (χ0v) is 16.3. The lowest BCUT2D eigenvalue weighted by atomic mass is 10.1. The van der Waals surface area contributed by atoms with E-state index in [0.29, 0.717) is 26.4 Å². The summed E-state index contributed by atoms with van der Waals surface area (Å²) < 4.78 is 12.2. The minimum absolute atomic E-state index is 0.196. The molecule has 144 valence electrons. The fourth-order valence-electron chi connectivity index (χ4n) is 2.32. The molecule has 1 rings (SSSR count). The summed E-state index contributed by atoms with van der Waals surface area (Å²) in [6, 6.07) is 0.196. The maximum Gasteiger partial charge on any atom is 0.191 e. The highest BCUT2D eigenvalue weighted by Crippen LogP contribution is 2.17. The maximum absolute atomic E-state index is 5.46. The Labute approximate surface area is 151 Å². The summed E-state index contributed by atoms with van der Waals surface area (Å²) in [4.78, 5) is 6.88. The quantitative estimate of drug-likeness (QED) is 0.326. The van der Waals surface area contributed by atoms with Crippen LogP contribution in [0.25, 0.3) is 0 Å². The lowest BCUT2D eigenvalue weighted by molar-refractivity contribution is 0.0698. The Morgan fingerprint density at radius 1 is 1.32 bits per heavy atom. The molecule has 2 N–H and O–H groups in total. The molecule has 8 heteroatoms. The highest BCUT2D eigenvalue weighted by Gasteiger charge is 2.15. The van der Waals surface area contributed by atoms with Crippen molar-refractivity contribution in [1.29, 1.82) is 0 Å². The van der Waals surface area contributed by atoms with Crippen molar-refractivity contribution >= 4 is 5.96 Å². The van der Waals surface area contributed by atoms with Crippen LogP contribution >= 0.6 is 0 Å². The highest BCUT2D eigenvalue weighted by molar-refractivity contribution is 5.79. The van der Waals surface area contributed by atoms with Crippen molar-refractivity contribution in [2.45, 2.75) is 19.4 Å². The van der Waals surface area contributed by atoms with Gasteiger partial charge < -0.3 is 25.0 Å². The first-order valence-corrected chi connectivity index (χ1v) is 8.82. The second-order valence-electron chi connectivity index (χ2n) is 6.03. The summed E-state index contributed by atoms with van der Waals surface area (Å²) in [6.45, 7) is 6.37. The van der Waals surface area contributed by atoms with Crippen LogP contribution in [0.1, 0.15) is 24.9 Å². The lowest BCUT2D eigenvalue weighted by Crippen LogP contribution is -2.38. The Balaban J connectivity index is 2.46. The van der Waals surface area contributed by atoms with Gasteiger partial charge in [-0.1, -0.05) is 0 Å². The van der Waals surface area contributed by atoms with Crippen molar-refractivity contribution in [2.75, 3.05) is 60.7 Å². The maximum atomic E-state index is 5.46. The molecule has 1 unspecified atom stereocenters. The van der Waals surface area contributed by atoms with Gasteiger partial charge in [-0.25, -0.2) is 0 Å². The first-order valence-electron chi connectivity index (χ1n) is 8.82. The molecule has 0 aliphatic rings. The Kier molecular flexibility index (Phi) is 10.9. The second kappa shape index (κ2) is 12.7. The van der Waals surface area contributed by atoms with Gasteiger partial charge in [0.2, 0.25) is 0 Å². The predicted molar refractivity (Wildman–Crippen MR) is 101 cm³/mol. The third-order valence-corrected chi connectivity index (χ3v) is 3.69. The van der Waals surface area contributed by atoms with Crippen LogP contribution in [0.15, 0.2) is 17.4 Å². The van der Waals surface area contributed by atoms with E-state index in [1.165, 1.54) is 5.56 Å². The molecule has 1 atom stereocenters. The van der Waals surface area contributed by atoms with Crippen molar-refractivity contribution in [3.05, 3.63) is 18.0 Å². The van der Waals surface area contributed by atoms with Crippen LogP contribution in [-0.4, -0.2) is 81.3 Å². The molecule has 0 bridgehead atoms. The normalized spacial score (nSPS) is 13.3. The number of likely N-dealkylation sites (N-methyl/N-ethyl adjacent to an activating group) is 1. The summed E-state index contributed by atoms with van der Waals surface area (Å²) in [5.41, 5.74) is 1.17. The van der Waals surface area contributed by atoms with Crippen molar-refractivity contribution in [3.8, 4) is 0 Å². The molecule has 0 spiro atoms. The van der Waals surface area contributed by atoms with Gasteiger partial charge in [0.25, 0.3) is 0 Å². The van der Waals surface area contributed by atoms with E-state index in [4.69, 9.17) is 14.5 Å². The molecule has 0 amide bonds. The molecule has 0 aromatic carbocycles.